The normalized spacial score (nSPS) is 18.2. The quantitative estimate of drug-likeness (QED) is 0.599. The Morgan fingerprint density at radius 3 is 2.92 bits per heavy atom. The SMILES string of the molecule is C=CC1=C(/C=C\C=C/C)CCCO1. The van der Waals surface area contributed by atoms with Crippen LogP contribution in [0.15, 0.2) is 48.3 Å². The second-order valence-corrected chi connectivity index (χ2v) is 2.93. The number of allylic oxidation sites excluding steroid dienone is 6. The molecular weight excluding hydrogens is 160 g/mol. The van der Waals surface area contributed by atoms with E-state index in [1.54, 1.807) is 6.08 Å². The van der Waals surface area contributed by atoms with Crippen molar-refractivity contribution in [3.05, 3.63) is 48.3 Å². The highest BCUT2D eigenvalue weighted by Crippen LogP contribution is 2.20. The van der Waals surface area contributed by atoms with Crippen molar-refractivity contribution in [2.75, 3.05) is 6.61 Å². The van der Waals surface area contributed by atoms with Gasteiger partial charge in [-0.3, -0.25) is 0 Å². The van der Waals surface area contributed by atoms with Gasteiger partial charge in [0, 0.05) is 0 Å². The molecule has 0 unspecified atom stereocenters. The summed E-state index contributed by atoms with van der Waals surface area (Å²) in [6.07, 6.45) is 12.1. The van der Waals surface area contributed by atoms with E-state index in [9.17, 15) is 0 Å². The Morgan fingerprint density at radius 2 is 2.23 bits per heavy atom. The molecule has 13 heavy (non-hydrogen) atoms. The van der Waals surface area contributed by atoms with E-state index in [2.05, 4.69) is 12.7 Å². The molecule has 70 valence electrons. The molecule has 0 aromatic rings. The molecule has 0 bridgehead atoms. The lowest BCUT2D eigenvalue weighted by atomic mass is 10.1. The minimum atomic E-state index is 0.822. The van der Waals surface area contributed by atoms with Crippen LogP contribution in [0.2, 0.25) is 0 Å². The maximum atomic E-state index is 5.46. The van der Waals surface area contributed by atoms with Crippen LogP contribution >= 0.6 is 0 Å². The van der Waals surface area contributed by atoms with Crippen LogP contribution in [0.25, 0.3) is 0 Å². The van der Waals surface area contributed by atoms with Crippen molar-refractivity contribution < 1.29 is 4.74 Å². The summed E-state index contributed by atoms with van der Waals surface area (Å²) in [6.45, 7) is 6.55. The fraction of sp³-hybridized carbons (Fsp3) is 0.333. The Bertz CT molecular complexity index is 256. The molecule has 1 nitrogen and oxygen atoms in total. The van der Waals surface area contributed by atoms with Gasteiger partial charge in [-0.2, -0.15) is 0 Å². The smallest absolute Gasteiger partial charge is 0.121 e. The van der Waals surface area contributed by atoms with Crippen molar-refractivity contribution in [1.29, 1.82) is 0 Å². The topological polar surface area (TPSA) is 9.23 Å². The summed E-state index contributed by atoms with van der Waals surface area (Å²) >= 11 is 0. The van der Waals surface area contributed by atoms with Crippen LogP contribution in [0.3, 0.4) is 0 Å². The number of hydrogen-bond donors (Lipinski definition) is 0. The van der Waals surface area contributed by atoms with Gasteiger partial charge >= 0.3 is 0 Å². The van der Waals surface area contributed by atoms with Crippen LogP contribution in [0.5, 0.6) is 0 Å². The zero-order valence-corrected chi connectivity index (χ0v) is 8.12. The Labute approximate surface area is 80.1 Å². The summed E-state index contributed by atoms with van der Waals surface area (Å²) in [6, 6.07) is 0. The number of ether oxygens (including phenoxy) is 1. The van der Waals surface area contributed by atoms with Crippen LogP contribution in [-0.2, 0) is 4.74 Å². The Kier molecular flexibility index (Phi) is 4.10. The molecule has 1 rings (SSSR count). The van der Waals surface area contributed by atoms with Crippen LogP contribution in [0, 0.1) is 0 Å². The van der Waals surface area contributed by atoms with Crippen LogP contribution in [-0.4, -0.2) is 6.61 Å². The highest BCUT2D eigenvalue weighted by molar-refractivity contribution is 5.31. The minimum absolute atomic E-state index is 0.822. The number of hydrogen-bond acceptors (Lipinski definition) is 1. The van der Waals surface area contributed by atoms with Gasteiger partial charge in [0.1, 0.15) is 5.76 Å². The third kappa shape index (κ3) is 2.94. The molecule has 1 aliphatic heterocycles. The van der Waals surface area contributed by atoms with Gasteiger partial charge in [0.25, 0.3) is 0 Å². The summed E-state index contributed by atoms with van der Waals surface area (Å²) in [5, 5.41) is 0. The fourth-order valence-electron chi connectivity index (χ4n) is 1.30. The van der Waals surface area contributed by atoms with Gasteiger partial charge in [0.05, 0.1) is 6.61 Å². The van der Waals surface area contributed by atoms with Crippen LogP contribution in [0.1, 0.15) is 19.8 Å². The second-order valence-electron chi connectivity index (χ2n) is 2.93. The van der Waals surface area contributed by atoms with E-state index < -0.39 is 0 Å². The fourth-order valence-corrected chi connectivity index (χ4v) is 1.30. The highest BCUT2D eigenvalue weighted by Gasteiger charge is 2.07. The summed E-state index contributed by atoms with van der Waals surface area (Å²) in [7, 11) is 0. The molecule has 0 atom stereocenters. The molecule has 0 aromatic carbocycles. The molecule has 0 aliphatic carbocycles. The van der Waals surface area contributed by atoms with E-state index in [1.165, 1.54) is 5.57 Å². The first kappa shape index (κ1) is 9.85. The van der Waals surface area contributed by atoms with Crippen molar-refractivity contribution in [2.45, 2.75) is 19.8 Å². The lowest BCUT2D eigenvalue weighted by molar-refractivity contribution is 0.202. The molecule has 1 heterocycles. The molecule has 0 amide bonds. The zero-order valence-electron chi connectivity index (χ0n) is 8.12. The van der Waals surface area contributed by atoms with Gasteiger partial charge in [-0.25, -0.2) is 0 Å². The summed E-state index contributed by atoms with van der Waals surface area (Å²) < 4.78 is 5.46. The third-order valence-corrected chi connectivity index (χ3v) is 1.95. The second kappa shape index (κ2) is 5.41. The van der Waals surface area contributed by atoms with Crippen molar-refractivity contribution in [3.8, 4) is 0 Å². The molecule has 0 fully saturated rings. The van der Waals surface area contributed by atoms with E-state index in [0.717, 1.165) is 25.2 Å². The van der Waals surface area contributed by atoms with E-state index >= 15 is 0 Å². The highest BCUT2D eigenvalue weighted by atomic mass is 16.5. The molecule has 1 aliphatic rings. The Balaban J connectivity index is 2.72. The third-order valence-electron chi connectivity index (χ3n) is 1.95. The van der Waals surface area contributed by atoms with Crippen LogP contribution < -0.4 is 0 Å². The number of rotatable bonds is 3. The van der Waals surface area contributed by atoms with Gasteiger partial charge in [-0.15, -0.1) is 0 Å². The molecule has 0 saturated carbocycles. The molecule has 0 radical (unpaired) electrons. The first-order chi connectivity index (χ1) is 6.38. The lowest BCUT2D eigenvalue weighted by Crippen LogP contribution is -2.03. The molecule has 0 N–H and O–H groups in total. The monoisotopic (exact) mass is 176 g/mol. The van der Waals surface area contributed by atoms with Crippen molar-refractivity contribution in [2.24, 2.45) is 0 Å². The average molecular weight is 176 g/mol. The van der Waals surface area contributed by atoms with Gasteiger partial charge < -0.3 is 4.74 Å². The summed E-state index contributed by atoms with van der Waals surface area (Å²) in [5.41, 5.74) is 1.25. The van der Waals surface area contributed by atoms with Crippen molar-refractivity contribution in [1.82, 2.24) is 0 Å². The predicted octanol–water partition coefficient (Wildman–Crippen LogP) is 3.37. The van der Waals surface area contributed by atoms with Gasteiger partial charge in [-0.1, -0.05) is 30.9 Å². The Hall–Kier alpha value is -1.24. The standard InChI is InChI=1S/C12H16O/c1-3-5-6-8-11-9-7-10-13-12(11)4-2/h3-6,8H,2,7,9-10H2,1H3/b5-3-,8-6-. The van der Waals surface area contributed by atoms with Crippen molar-refractivity contribution in [3.63, 3.8) is 0 Å². The van der Waals surface area contributed by atoms with Crippen LogP contribution in [0.4, 0.5) is 0 Å². The maximum absolute atomic E-state index is 5.46. The van der Waals surface area contributed by atoms with E-state index in [0.29, 0.717) is 0 Å². The zero-order chi connectivity index (χ0) is 9.52. The first-order valence-corrected chi connectivity index (χ1v) is 4.66. The minimum Gasteiger partial charge on any atom is -0.493 e. The van der Waals surface area contributed by atoms with Gasteiger partial charge in [0.2, 0.25) is 0 Å². The largest absolute Gasteiger partial charge is 0.493 e. The molecular formula is C12H16O. The average Bonchev–Trinajstić information content (AvgIpc) is 2.19. The maximum Gasteiger partial charge on any atom is 0.121 e. The first-order valence-electron chi connectivity index (χ1n) is 4.66. The summed E-state index contributed by atoms with van der Waals surface area (Å²) in [5.74, 6) is 0.937. The van der Waals surface area contributed by atoms with E-state index in [1.807, 2.05) is 25.2 Å². The van der Waals surface area contributed by atoms with Crippen molar-refractivity contribution >= 4 is 0 Å². The van der Waals surface area contributed by atoms with Gasteiger partial charge in [0.15, 0.2) is 0 Å². The molecule has 0 aromatic heterocycles. The van der Waals surface area contributed by atoms with E-state index in [-0.39, 0.29) is 0 Å². The van der Waals surface area contributed by atoms with E-state index in [4.69, 9.17) is 4.74 Å². The molecule has 0 spiro atoms. The molecule has 1 heteroatoms. The summed E-state index contributed by atoms with van der Waals surface area (Å²) in [4.78, 5) is 0. The van der Waals surface area contributed by atoms with Gasteiger partial charge in [-0.05, 0) is 31.4 Å². The lowest BCUT2D eigenvalue weighted by Gasteiger charge is -2.16. The molecule has 0 saturated heterocycles. The Morgan fingerprint density at radius 1 is 1.38 bits per heavy atom. The predicted molar refractivity (Wildman–Crippen MR) is 56.4 cm³/mol.